The van der Waals surface area contributed by atoms with Gasteiger partial charge in [0.05, 0.1) is 5.92 Å². The molecule has 1 aliphatic carbocycles. The zero-order valence-corrected chi connectivity index (χ0v) is 15.0. The minimum atomic E-state index is -0.960. The predicted molar refractivity (Wildman–Crippen MR) is 94.2 cm³/mol. The molecule has 3 N–H and O–H groups in total. The summed E-state index contributed by atoms with van der Waals surface area (Å²) in [6, 6.07) is 6.27. The number of nitrogens with one attached hydrogen (secondary N) is 3. The number of nitrogens with zero attached hydrogens (tertiary/aromatic N) is 1. The number of benzene rings is 1. The van der Waals surface area contributed by atoms with E-state index < -0.39 is 18.3 Å². The van der Waals surface area contributed by atoms with Gasteiger partial charge in [-0.3, -0.25) is 15.0 Å². The Hall–Kier alpha value is -2.06. The molecule has 1 saturated carbocycles. The van der Waals surface area contributed by atoms with Crippen molar-refractivity contribution in [3.63, 3.8) is 0 Å². The number of fused-ring (bicyclic) bond motifs is 1. The maximum atomic E-state index is 14.4. The Morgan fingerprint density at radius 1 is 1.26 bits per heavy atom. The quantitative estimate of drug-likeness (QED) is 0.737. The highest BCUT2D eigenvalue weighted by Gasteiger charge is 2.49. The second-order valence-electron chi connectivity index (χ2n) is 7.62. The van der Waals surface area contributed by atoms with Crippen LogP contribution in [-0.2, 0) is 16.1 Å². The van der Waals surface area contributed by atoms with Crippen LogP contribution in [0.1, 0.15) is 31.2 Å². The van der Waals surface area contributed by atoms with E-state index in [1.807, 2.05) is 0 Å². The molecule has 2 amide bonds. The highest BCUT2D eigenvalue weighted by atomic mass is 19.1. The van der Waals surface area contributed by atoms with Gasteiger partial charge in [0.1, 0.15) is 18.2 Å². The molecule has 8 heteroatoms. The van der Waals surface area contributed by atoms with Crippen molar-refractivity contribution in [3.8, 4) is 0 Å². The van der Waals surface area contributed by atoms with Crippen LogP contribution in [0, 0.1) is 17.7 Å². The Labute approximate surface area is 156 Å². The topological polar surface area (TPSA) is 73.5 Å². The van der Waals surface area contributed by atoms with E-state index in [9.17, 15) is 18.4 Å². The molecule has 5 atom stereocenters. The first-order valence-electron chi connectivity index (χ1n) is 9.50. The number of amides is 2. The molecule has 3 aliphatic rings. The van der Waals surface area contributed by atoms with Gasteiger partial charge in [0.2, 0.25) is 11.8 Å². The predicted octanol–water partition coefficient (Wildman–Crippen LogP) is 1.23. The highest BCUT2D eigenvalue weighted by molar-refractivity contribution is 5.89. The van der Waals surface area contributed by atoms with Crippen LogP contribution < -0.4 is 16.2 Å². The first-order chi connectivity index (χ1) is 13.0. The largest absolute Gasteiger partial charge is 0.352 e. The van der Waals surface area contributed by atoms with Crippen molar-refractivity contribution in [1.29, 1.82) is 0 Å². The van der Waals surface area contributed by atoms with Gasteiger partial charge in [-0.2, -0.15) is 0 Å². The van der Waals surface area contributed by atoms with Gasteiger partial charge < -0.3 is 10.2 Å². The summed E-state index contributed by atoms with van der Waals surface area (Å²) in [4.78, 5) is 26.5. The smallest absolute Gasteiger partial charge is 0.225 e. The first kappa shape index (κ1) is 18.3. The fourth-order valence-electron chi connectivity index (χ4n) is 4.47. The van der Waals surface area contributed by atoms with Gasteiger partial charge in [-0.25, -0.2) is 14.2 Å². The van der Waals surface area contributed by atoms with E-state index in [1.165, 1.54) is 6.07 Å². The number of halogens is 2. The normalized spacial score (nSPS) is 33.2. The van der Waals surface area contributed by atoms with Crippen LogP contribution >= 0.6 is 0 Å². The number of carbonyl (C=O) groups is 2. The van der Waals surface area contributed by atoms with Crippen LogP contribution in [0.2, 0.25) is 0 Å². The number of likely N-dealkylation sites (tertiary alicyclic amines) is 1. The fraction of sp³-hybridized carbons (Fsp3) is 0.579. The number of hydrogen-bond donors (Lipinski definition) is 3. The molecule has 27 heavy (non-hydrogen) atoms. The molecular weight excluding hydrogens is 354 g/mol. The molecule has 4 rings (SSSR count). The molecule has 0 spiro atoms. The zero-order valence-electron chi connectivity index (χ0n) is 15.0. The van der Waals surface area contributed by atoms with E-state index in [0.717, 1.165) is 12.8 Å². The van der Waals surface area contributed by atoms with E-state index >= 15 is 0 Å². The van der Waals surface area contributed by atoms with Gasteiger partial charge in [-0.05, 0) is 25.3 Å². The van der Waals surface area contributed by atoms with Crippen LogP contribution in [0.15, 0.2) is 24.3 Å². The van der Waals surface area contributed by atoms with Crippen LogP contribution in [0.3, 0.4) is 0 Å². The number of alkyl halides is 1. The maximum absolute atomic E-state index is 14.4. The van der Waals surface area contributed by atoms with Crippen molar-refractivity contribution in [2.75, 3.05) is 6.54 Å². The lowest BCUT2D eigenvalue weighted by Gasteiger charge is -2.34. The van der Waals surface area contributed by atoms with E-state index in [1.54, 1.807) is 23.1 Å². The fourth-order valence-corrected chi connectivity index (χ4v) is 4.47. The first-order valence-corrected chi connectivity index (χ1v) is 9.50. The van der Waals surface area contributed by atoms with Crippen molar-refractivity contribution in [1.82, 2.24) is 21.1 Å². The summed E-state index contributed by atoms with van der Waals surface area (Å²) in [7, 11) is 0. The summed E-state index contributed by atoms with van der Waals surface area (Å²) in [6.45, 7) is 0.327. The summed E-state index contributed by atoms with van der Waals surface area (Å²) in [6.07, 6.45) is 0.924. The van der Waals surface area contributed by atoms with E-state index in [2.05, 4.69) is 16.2 Å². The molecule has 0 radical (unpaired) electrons. The molecule has 3 fully saturated rings. The highest BCUT2D eigenvalue weighted by Crippen LogP contribution is 2.36. The zero-order chi connectivity index (χ0) is 19.0. The summed E-state index contributed by atoms with van der Waals surface area (Å²) in [5.74, 6) is -1.61. The Morgan fingerprint density at radius 3 is 2.89 bits per heavy atom. The molecule has 0 aromatic heterocycles. The number of rotatable bonds is 4. The average molecular weight is 378 g/mol. The lowest BCUT2D eigenvalue weighted by atomic mass is 9.82. The van der Waals surface area contributed by atoms with Crippen molar-refractivity contribution >= 4 is 11.8 Å². The number of carbonyl (C=O) groups excluding carboxylic acids is 2. The number of hydrogen-bond acceptors (Lipinski definition) is 4. The van der Waals surface area contributed by atoms with Gasteiger partial charge in [-0.1, -0.05) is 18.2 Å². The number of hydrazine groups is 1. The molecule has 1 aromatic rings. The van der Waals surface area contributed by atoms with E-state index in [-0.39, 0.29) is 49.1 Å². The Bertz CT molecular complexity index is 731. The molecule has 1 aromatic carbocycles. The third-order valence-corrected chi connectivity index (χ3v) is 5.93. The Morgan fingerprint density at radius 2 is 2.07 bits per heavy atom. The van der Waals surface area contributed by atoms with Gasteiger partial charge in [-0.15, -0.1) is 0 Å². The monoisotopic (exact) mass is 378 g/mol. The standard InChI is InChI=1S/C19H24F2N4O2/c20-13-5-2-1-4-11(13)9-22-19(27)12-8-16(26)25(10-12)18-17-14(21)6-3-7-15(17)23-24-18/h1-2,4-5,12,14-15,17-18,23-24H,3,6-10H2,(H,22,27). The molecular formula is C19H24F2N4O2. The average Bonchev–Trinajstić information content (AvgIpc) is 3.25. The summed E-state index contributed by atoms with van der Waals surface area (Å²) >= 11 is 0. The van der Waals surface area contributed by atoms with Gasteiger partial charge >= 0.3 is 0 Å². The molecule has 2 heterocycles. The summed E-state index contributed by atoms with van der Waals surface area (Å²) in [5.41, 5.74) is 6.57. The van der Waals surface area contributed by atoms with Crippen LogP contribution in [0.25, 0.3) is 0 Å². The maximum Gasteiger partial charge on any atom is 0.225 e. The van der Waals surface area contributed by atoms with E-state index in [0.29, 0.717) is 12.0 Å². The van der Waals surface area contributed by atoms with Crippen LogP contribution in [0.4, 0.5) is 8.78 Å². The second-order valence-corrected chi connectivity index (χ2v) is 7.62. The van der Waals surface area contributed by atoms with E-state index in [4.69, 9.17) is 0 Å². The van der Waals surface area contributed by atoms with Crippen molar-refractivity contribution < 1.29 is 18.4 Å². The SMILES string of the molecule is O=C(NCc1ccccc1F)C1CC(=O)N(C2NNC3CCCC(F)C32)C1. The molecule has 146 valence electrons. The van der Waals surface area contributed by atoms with Crippen molar-refractivity contribution in [3.05, 3.63) is 35.6 Å². The lowest BCUT2D eigenvalue weighted by molar-refractivity contribution is -0.131. The van der Waals surface area contributed by atoms with Crippen molar-refractivity contribution in [2.45, 2.75) is 50.6 Å². The summed E-state index contributed by atoms with van der Waals surface area (Å²) < 4.78 is 28.1. The summed E-state index contributed by atoms with van der Waals surface area (Å²) in [5, 5.41) is 2.71. The van der Waals surface area contributed by atoms with Crippen LogP contribution in [0.5, 0.6) is 0 Å². The third kappa shape index (κ3) is 3.55. The lowest BCUT2D eigenvalue weighted by Crippen LogP contribution is -2.50. The minimum Gasteiger partial charge on any atom is -0.352 e. The third-order valence-electron chi connectivity index (χ3n) is 5.93. The molecule has 6 nitrogen and oxygen atoms in total. The molecule has 2 saturated heterocycles. The van der Waals surface area contributed by atoms with Gasteiger partial charge in [0, 0.05) is 37.0 Å². The molecule has 2 aliphatic heterocycles. The molecule has 5 unspecified atom stereocenters. The van der Waals surface area contributed by atoms with Gasteiger partial charge in [0.25, 0.3) is 0 Å². The van der Waals surface area contributed by atoms with Crippen LogP contribution in [-0.4, -0.2) is 41.6 Å². The second kappa shape index (κ2) is 7.52. The van der Waals surface area contributed by atoms with Crippen molar-refractivity contribution in [2.24, 2.45) is 11.8 Å². The van der Waals surface area contributed by atoms with Gasteiger partial charge in [0.15, 0.2) is 0 Å². The minimum absolute atomic E-state index is 0.0143. The Kier molecular flexibility index (Phi) is 5.10. The Balaban J connectivity index is 1.37. The molecule has 0 bridgehead atoms.